The molecule has 0 fully saturated rings. The Morgan fingerprint density at radius 1 is 1.47 bits per heavy atom. The van der Waals surface area contributed by atoms with Crippen LogP contribution in [-0.2, 0) is 4.79 Å². The lowest BCUT2D eigenvalue weighted by Gasteiger charge is -2.15. The number of aromatic nitrogens is 2. The van der Waals surface area contributed by atoms with Crippen molar-refractivity contribution in [3.8, 4) is 0 Å². The highest BCUT2D eigenvalue weighted by Crippen LogP contribution is 2.16. The molecule has 1 aromatic heterocycles. The van der Waals surface area contributed by atoms with Crippen LogP contribution in [0.15, 0.2) is 24.4 Å². The number of hydrogen-bond acceptors (Lipinski definition) is 3. The van der Waals surface area contributed by atoms with E-state index in [2.05, 4.69) is 15.5 Å². The molecule has 1 amide bonds. The number of anilines is 1. The number of rotatable bonds is 3. The smallest absolute Gasteiger partial charge is 0.241 e. The zero-order valence-electron chi connectivity index (χ0n) is 9.90. The molecule has 17 heavy (non-hydrogen) atoms. The quantitative estimate of drug-likeness (QED) is 0.749. The standard InChI is InChI=1S/C12H16N4O/c1-7(2)11(13)12(17)15-9-4-3-8-6-14-16-10(8)5-9/h3-7,11H,13H2,1-2H3,(H,14,16)(H,15,17)/t11-/m0/s1. The largest absolute Gasteiger partial charge is 0.325 e. The Bertz CT molecular complexity index is 532. The molecule has 5 nitrogen and oxygen atoms in total. The van der Waals surface area contributed by atoms with Gasteiger partial charge in [0.1, 0.15) is 0 Å². The van der Waals surface area contributed by atoms with E-state index < -0.39 is 6.04 Å². The molecular weight excluding hydrogens is 216 g/mol. The maximum atomic E-state index is 11.8. The van der Waals surface area contributed by atoms with Gasteiger partial charge in [-0.1, -0.05) is 13.8 Å². The Kier molecular flexibility index (Phi) is 3.10. The maximum absolute atomic E-state index is 11.8. The summed E-state index contributed by atoms with van der Waals surface area (Å²) in [6.45, 7) is 3.84. The summed E-state index contributed by atoms with van der Waals surface area (Å²) in [5.74, 6) is -0.0512. The second kappa shape index (κ2) is 4.55. The van der Waals surface area contributed by atoms with E-state index in [-0.39, 0.29) is 11.8 Å². The fourth-order valence-corrected chi connectivity index (χ4v) is 1.54. The number of nitrogens with one attached hydrogen (secondary N) is 2. The summed E-state index contributed by atoms with van der Waals surface area (Å²) in [5.41, 5.74) is 7.38. The van der Waals surface area contributed by atoms with Crippen molar-refractivity contribution in [3.63, 3.8) is 0 Å². The van der Waals surface area contributed by atoms with Gasteiger partial charge in [0, 0.05) is 11.1 Å². The van der Waals surface area contributed by atoms with Crippen LogP contribution in [-0.4, -0.2) is 22.1 Å². The van der Waals surface area contributed by atoms with Crippen molar-refractivity contribution < 1.29 is 4.79 Å². The summed E-state index contributed by atoms with van der Waals surface area (Å²) in [5, 5.41) is 10.6. The summed E-state index contributed by atoms with van der Waals surface area (Å²) in [6.07, 6.45) is 1.74. The predicted octanol–water partition coefficient (Wildman–Crippen LogP) is 1.48. The SMILES string of the molecule is CC(C)[C@H](N)C(=O)Nc1ccc2cn[nH]c2c1. The van der Waals surface area contributed by atoms with E-state index in [1.807, 2.05) is 32.0 Å². The molecule has 2 aromatic rings. The van der Waals surface area contributed by atoms with Gasteiger partial charge in [0.05, 0.1) is 17.8 Å². The van der Waals surface area contributed by atoms with Gasteiger partial charge in [-0.15, -0.1) is 0 Å². The Labute approximate surface area is 99.4 Å². The third-order valence-electron chi connectivity index (χ3n) is 2.73. The summed E-state index contributed by atoms with van der Waals surface area (Å²) in [4.78, 5) is 11.8. The molecule has 1 heterocycles. The van der Waals surface area contributed by atoms with Gasteiger partial charge in [0.15, 0.2) is 0 Å². The number of carbonyl (C=O) groups is 1. The van der Waals surface area contributed by atoms with E-state index in [1.54, 1.807) is 6.20 Å². The first-order chi connectivity index (χ1) is 8.08. The topological polar surface area (TPSA) is 83.8 Å². The first kappa shape index (κ1) is 11.6. The summed E-state index contributed by atoms with van der Waals surface area (Å²) >= 11 is 0. The number of aromatic amines is 1. The lowest BCUT2D eigenvalue weighted by Crippen LogP contribution is -2.39. The predicted molar refractivity (Wildman–Crippen MR) is 67.5 cm³/mol. The molecule has 0 saturated carbocycles. The number of amides is 1. The van der Waals surface area contributed by atoms with Crippen LogP contribution in [0.25, 0.3) is 10.9 Å². The fraction of sp³-hybridized carbons (Fsp3) is 0.333. The van der Waals surface area contributed by atoms with E-state index in [0.717, 1.165) is 16.6 Å². The molecule has 0 spiro atoms. The Morgan fingerprint density at radius 3 is 2.94 bits per heavy atom. The zero-order chi connectivity index (χ0) is 12.4. The fourth-order valence-electron chi connectivity index (χ4n) is 1.54. The van der Waals surface area contributed by atoms with Crippen LogP contribution in [0.1, 0.15) is 13.8 Å². The van der Waals surface area contributed by atoms with Crippen molar-refractivity contribution in [1.82, 2.24) is 10.2 Å². The van der Waals surface area contributed by atoms with Gasteiger partial charge < -0.3 is 11.1 Å². The van der Waals surface area contributed by atoms with Crippen LogP contribution in [0.2, 0.25) is 0 Å². The summed E-state index contributed by atoms with van der Waals surface area (Å²) in [7, 11) is 0. The molecule has 0 radical (unpaired) electrons. The third-order valence-corrected chi connectivity index (χ3v) is 2.73. The van der Waals surface area contributed by atoms with Crippen LogP contribution in [0.5, 0.6) is 0 Å². The highest BCUT2D eigenvalue weighted by atomic mass is 16.2. The van der Waals surface area contributed by atoms with Gasteiger partial charge in [0.2, 0.25) is 5.91 Å². The van der Waals surface area contributed by atoms with Gasteiger partial charge >= 0.3 is 0 Å². The number of benzene rings is 1. The number of nitrogens with two attached hydrogens (primary N) is 1. The minimum Gasteiger partial charge on any atom is -0.325 e. The molecule has 90 valence electrons. The van der Waals surface area contributed by atoms with Crippen LogP contribution >= 0.6 is 0 Å². The van der Waals surface area contributed by atoms with Crippen LogP contribution in [0, 0.1) is 5.92 Å². The molecule has 0 aliphatic rings. The monoisotopic (exact) mass is 232 g/mol. The average Bonchev–Trinajstić information content (AvgIpc) is 2.74. The number of fused-ring (bicyclic) bond motifs is 1. The van der Waals surface area contributed by atoms with Crippen molar-refractivity contribution in [3.05, 3.63) is 24.4 Å². The summed E-state index contributed by atoms with van der Waals surface area (Å²) < 4.78 is 0. The van der Waals surface area contributed by atoms with Crippen molar-refractivity contribution in [2.24, 2.45) is 11.7 Å². The molecule has 2 rings (SSSR count). The van der Waals surface area contributed by atoms with Crippen LogP contribution < -0.4 is 11.1 Å². The molecule has 0 aliphatic heterocycles. The molecule has 1 atom stereocenters. The highest BCUT2D eigenvalue weighted by molar-refractivity contribution is 5.96. The van der Waals surface area contributed by atoms with Crippen LogP contribution in [0.3, 0.4) is 0 Å². The maximum Gasteiger partial charge on any atom is 0.241 e. The van der Waals surface area contributed by atoms with Crippen molar-refractivity contribution in [1.29, 1.82) is 0 Å². The Hall–Kier alpha value is -1.88. The van der Waals surface area contributed by atoms with Gasteiger partial charge in [-0.2, -0.15) is 5.10 Å². The third kappa shape index (κ3) is 2.45. The van der Waals surface area contributed by atoms with Gasteiger partial charge in [-0.3, -0.25) is 9.89 Å². The van der Waals surface area contributed by atoms with E-state index in [4.69, 9.17) is 5.73 Å². The van der Waals surface area contributed by atoms with Gasteiger partial charge in [-0.05, 0) is 24.1 Å². The van der Waals surface area contributed by atoms with Gasteiger partial charge in [0.25, 0.3) is 0 Å². The first-order valence-electron chi connectivity index (χ1n) is 5.57. The lowest BCUT2D eigenvalue weighted by molar-refractivity contribution is -0.118. The van der Waals surface area contributed by atoms with Crippen molar-refractivity contribution in [2.45, 2.75) is 19.9 Å². The minimum atomic E-state index is -0.493. The van der Waals surface area contributed by atoms with E-state index in [9.17, 15) is 4.79 Å². The highest BCUT2D eigenvalue weighted by Gasteiger charge is 2.17. The normalized spacial score (nSPS) is 12.9. The zero-order valence-corrected chi connectivity index (χ0v) is 9.90. The second-order valence-corrected chi connectivity index (χ2v) is 4.43. The molecule has 5 heteroatoms. The summed E-state index contributed by atoms with van der Waals surface area (Å²) in [6, 6.07) is 5.08. The molecule has 0 saturated heterocycles. The number of carbonyl (C=O) groups excluding carboxylic acids is 1. The van der Waals surface area contributed by atoms with Crippen molar-refractivity contribution >= 4 is 22.5 Å². The van der Waals surface area contributed by atoms with Gasteiger partial charge in [-0.25, -0.2) is 0 Å². The molecule has 0 bridgehead atoms. The van der Waals surface area contributed by atoms with E-state index >= 15 is 0 Å². The number of hydrogen-bond donors (Lipinski definition) is 3. The molecule has 1 aromatic carbocycles. The number of H-pyrrole nitrogens is 1. The Balaban J connectivity index is 2.15. The molecule has 0 unspecified atom stereocenters. The van der Waals surface area contributed by atoms with E-state index in [0.29, 0.717) is 0 Å². The van der Waals surface area contributed by atoms with Crippen molar-refractivity contribution in [2.75, 3.05) is 5.32 Å². The Morgan fingerprint density at radius 2 is 2.24 bits per heavy atom. The molecule has 4 N–H and O–H groups in total. The van der Waals surface area contributed by atoms with E-state index in [1.165, 1.54) is 0 Å². The second-order valence-electron chi connectivity index (χ2n) is 4.43. The molecule has 0 aliphatic carbocycles. The lowest BCUT2D eigenvalue weighted by atomic mass is 10.0. The molecular formula is C12H16N4O. The minimum absolute atomic E-state index is 0.117. The average molecular weight is 232 g/mol. The number of nitrogens with zero attached hydrogens (tertiary/aromatic N) is 1. The van der Waals surface area contributed by atoms with Crippen LogP contribution in [0.4, 0.5) is 5.69 Å². The first-order valence-corrected chi connectivity index (χ1v) is 5.57.